The van der Waals surface area contributed by atoms with Crippen LogP contribution in [-0.2, 0) is 0 Å². The van der Waals surface area contributed by atoms with E-state index in [1.807, 2.05) is 0 Å². The lowest BCUT2D eigenvalue weighted by Crippen LogP contribution is -2.33. The van der Waals surface area contributed by atoms with Crippen LogP contribution in [0.3, 0.4) is 0 Å². The minimum atomic E-state index is -0.446. The van der Waals surface area contributed by atoms with Crippen molar-refractivity contribution in [3.05, 3.63) is 28.5 Å². The maximum absolute atomic E-state index is 13.3. The number of anilines is 1. The van der Waals surface area contributed by atoms with E-state index < -0.39 is 11.9 Å². The van der Waals surface area contributed by atoms with E-state index in [9.17, 15) is 4.39 Å². The Morgan fingerprint density at radius 2 is 2.33 bits per heavy atom. The Morgan fingerprint density at radius 1 is 1.67 bits per heavy atom. The van der Waals surface area contributed by atoms with Crippen LogP contribution in [0.25, 0.3) is 0 Å². The molecule has 15 heavy (non-hydrogen) atoms. The quantitative estimate of drug-likeness (QED) is 0.343. The van der Waals surface area contributed by atoms with Gasteiger partial charge in [-0.2, -0.15) is 0 Å². The first-order valence-corrected chi connectivity index (χ1v) is 5.03. The van der Waals surface area contributed by atoms with Crippen LogP contribution in [0.4, 0.5) is 10.1 Å². The van der Waals surface area contributed by atoms with Crippen molar-refractivity contribution in [3.63, 3.8) is 0 Å². The molecule has 0 heterocycles. The van der Waals surface area contributed by atoms with Gasteiger partial charge in [-0.15, -0.1) is 0 Å². The molecule has 0 saturated heterocycles. The van der Waals surface area contributed by atoms with Crippen molar-refractivity contribution in [3.8, 4) is 0 Å². The molecule has 82 valence electrons. The fraction of sp³-hybridized carbons (Fsp3) is 0.222. The number of nitrogens with zero attached hydrogens (tertiary/aromatic N) is 1. The third-order valence-electron chi connectivity index (χ3n) is 1.86. The molecule has 0 radical (unpaired) electrons. The normalized spacial score (nSPS) is 13.7. The molecule has 1 atom stereocenters. The molecule has 6 heteroatoms. The Kier molecular flexibility index (Phi) is 3.90. The van der Waals surface area contributed by atoms with Gasteiger partial charge in [0.25, 0.3) is 0 Å². The summed E-state index contributed by atoms with van der Waals surface area (Å²) in [7, 11) is 0. The Morgan fingerprint density at radius 3 is 2.93 bits per heavy atom. The minimum absolute atomic E-state index is 0.00521. The zero-order valence-electron chi connectivity index (χ0n) is 8.04. The standard InChI is InChI=1S/C9H11BrFN3O/c1-5(9(12)14-15)13-8-4-6(10)2-3-7(8)11/h2-5,13,15H,1H3,(H2,12,14). The highest BCUT2D eigenvalue weighted by molar-refractivity contribution is 9.10. The zero-order chi connectivity index (χ0) is 11.4. The molecule has 0 aliphatic heterocycles. The second-order valence-electron chi connectivity index (χ2n) is 3.02. The monoisotopic (exact) mass is 275 g/mol. The van der Waals surface area contributed by atoms with Crippen LogP contribution in [0.15, 0.2) is 27.8 Å². The van der Waals surface area contributed by atoms with Crippen molar-refractivity contribution in [2.24, 2.45) is 10.9 Å². The van der Waals surface area contributed by atoms with Crippen LogP contribution in [-0.4, -0.2) is 17.1 Å². The molecule has 0 bridgehead atoms. The molecule has 0 spiro atoms. The van der Waals surface area contributed by atoms with Crippen LogP contribution in [0.5, 0.6) is 0 Å². The summed E-state index contributed by atoms with van der Waals surface area (Å²) in [4.78, 5) is 0. The molecule has 4 N–H and O–H groups in total. The van der Waals surface area contributed by atoms with E-state index in [0.29, 0.717) is 5.69 Å². The predicted molar refractivity (Wildman–Crippen MR) is 60.6 cm³/mol. The third-order valence-corrected chi connectivity index (χ3v) is 2.35. The maximum atomic E-state index is 13.3. The van der Waals surface area contributed by atoms with Gasteiger partial charge in [-0.1, -0.05) is 21.1 Å². The molecule has 0 fully saturated rings. The summed E-state index contributed by atoms with van der Waals surface area (Å²) in [5.41, 5.74) is 5.65. The van der Waals surface area contributed by atoms with E-state index in [4.69, 9.17) is 10.9 Å². The van der Waals surface area contributed by atoms with Gasteiger partial charge < -0.3 is 16.3 Å². The lowest BCUT2D eigenvalue weighted by molar-refractivity contribution is 0.316. The first-order chi connectivity index (χ1) is 7.04. The fourth-order valence-electron chi connectivity index (χ4n) is 1.00. The molecule has 0 amide bonds. The van der Waals surface area contributed by atoms with E-state index in [2.05, 4.69) is 26.4 Å². The van der Waals surface area contributed by atoms with Crippen LogP contribution in [0, 0.1) is 5.82 Å². The van der Waals surface area contributed by atoms with E-state index in [1.165, 1.54) is 6.07 Å². The summed E-state index contributed by atoms with van der Waals surface area (Å²) in [6.45, 7) is 1.66. The van der Waals surface area contributed by atoms with Crippen LogP contribution in [0.1, 0.15) is 6.92 Å². The van der Waals surface area contributed by atoms with E-state index in [0.717, 1.165) is 4.47 Å². The SMILES string of the molecule is CC(Nc1cc(Br)ccc1F)C(N)=NO. The second kappa shape index (κ2) is 4.97. The summed E-state index contributed by atoms with van der Waals surface area (Å²) >= 11 is 3.22. The summed E-state index contributed by atoms with van der Waals surface area (Å²) in [6, 6.07) is 4.05. The largest absolute Gasteiger partial charge is 0.409 e. The van der Waals surface area contributed by atoms with Gasteiger partial charge in [0.05, 0.1) is 11.7 Å². The summed E-state index contributed by atoms with van der Waals surface area (Å²) in [5, 5.41) is 14.0. The third kappa shape index (κ3) is 3.09. The van der Waals surface area contributed by atoms with E-state index in [-0.39, 0.29) is 5.84 Å². The molecule has 0 aliphatic carbocycles. The van der Waals surface area contributed by atoms with Gasteiger partial charge in [0.1, 0.15) is 5.82 Å². The molecular formula is C9H11BrFN3O. The van der Waals surface area contributed by atoms with Gasteiger partial charge in [0.2, 0.25) is 0 Å². The molecular weight excluding hydrogens is 265 g/mol. The van der Waals surface area contributed by atoms with Crippen LogP contribution in [0.2, 0.25) is 0 Å². The maximum Gasteiger partial charge on any atom is 0.161 e. The number of nitrogens with two attached hydrogens (primary N) is 1. The van der Waals surface area contributed by atoms with Gasteiger partial charge >= 0.3 is 0 Å². The second-order valence-corrected chi connectivity index (χ2v) is 3.93. The fourth-order valence-corrected chi connectivity index (χ4v) is 1.36. The topological polar surface area (TPSA) is 70.6 Å². The molecule has 1 aromatic rings. The van der Waals surface area contributed by atoms with Gasteiger partial charge in [-0.25, -0.2) is 4.39 Å². The van der Waals surface area contributed by atoms with Gasteiger partial charge in [0, 0.05) is 4.47 Å². The van der Waals surface area contributed by atoms with Crippen molar-refractivity contribution in [2.45, 2.75) is 13.0 Å². The average molecular weight is 276 g/mol. The summed E-state index contributed by atoms with van der Waals surface area (Å²) in [6.07, 6.45) is 0. The molecule has 1 rings (SSSR count). The first-order valence-electron chi connectivity index (χ1n) is 4.23. The minimum Gasteiger partial charge on any atom is -0.409 e. The molecule has 0 saturated carbocycles. The van der Waals surface area contributed by atoms with Gasteiger partial charge in [0.15, 0.2) is 5.84 Å². The molecule has 4 nitrogen and oxygen atoms in total. The van der Waals surface area contributed by atoms with Crippen molar-refractivity contribution >= 4 is 27.5 Å². The predicted octanol–water partition coefficient (Wildman–Crippen LogP) is 2.13. The smallest absolute Gasteiger partial charge is 0.161 e. The Hall–Kier alpha value is -1.30. The lowest BCUT2D eigenvalue weighted by atomic mass is 10.2. The molecule has 0 aliphatic rings. The first kappa shape index (κ1) is 11.8. The van der Waals surface area contributed by atoms with Crippen molar-refractivity contribution in [1.29, 1.82) is 0 Å². The lowest BCUT2D eigenvalue weighted by Gasteiger charge is -2.14. The highest BCUT2D eigenvalue weighted by Gasteiger charge is 2.10. The highest BCUT2D eigenvalue weighted by Crippen LogP contribution is 2.20. The van der Waals surface area contributed by atoms with E-state index in [1.54, 1.807) is 19.1 Å². The number of benzene rings is 1. The van der Waals surface area contributed by atoms with Gasteiger partial charge in [-0.05, 0) is 25.1 Å². The molecule has 1 aromatic carbocycles. The number of halogens is 2. The number of hydrogen-bond acceptors (Lipinski definition) is 3. The Labute approximate surface area is 95.1 Å². The van der Waals surface area contributed by atoms with Crippen molar-refractivity contribution in [1.82, 2.24) is 0 Å². The summed E-state index contributed by atoms with van der Waals surface area (Å²) < 4.78 is 14.0. The number of rotatable bonds is 3. The van der Waals surface area contributed by atoms with Crippen LogP contribution < -0.4 is 11.1 Å². The van der Waals surface area contributed by atoms with Gasteiger partial charge in [-0.3, -0.25) is 0 Å². The number of amidine groups is 1. The number of hydrogen-bond donors (Lipinski definition) is 3. The highest BCUT2D eigenvalue weighted by atomic mass is 79.9. The number of oxime groups is 1. The average Bonchev–Trinajstić information content (AvgIpc) is 2.22. The Balaban J connectivity index is 2.85. The number of nitrogens with one attached hydrogen (secondary N) is 1. The zero-order valence-corrected chi connectivity index (χ0v) is 9.62. The summed E-state index contributed by atoms with van der Waals surface area (Å²) in [5.74, 6) is -0.398. The van der Waals surface area contributed by atoms with Crippen molar-refractivity contribution < 1.29 is 9.60 Å². The van der Waals surface area contributed by atoms with Crippen LogP contribution >= 0.6 is 15.9 Å². The molecule has 0 aromatic heterocycles. The van der Waals surface area contributed by atoms with Crippen molar-refractivity contribution in [2.75, 3.05) is 5.32 Å². The molecule has 1 unspecified atom stereocenters. The van der Waals surface area contributed by atoms with E-state index >= 15 is 0 Å². The Bertz CT molecular complexity index is 384.